The third-order valence-corrected chi connectivity index (χ3v) is 11.4. The van der Waals surface area contributed by atoms with Gasteiger partial charge in [-0.3, -0.25) is 14.5 Å². The molecular formula is C37H39N7O5S2. The van der Waals surface area contributed by atoms with Crippen molar-refractivity contribution < 1.29 is 22.8 Å². The van der Waals surface area contributed by atoms with Crippen molar-refractivity contribution in [1.82, 2.24) is 30.2 Å². The van der Waals surface area contributed by atoms with E-state index in [2.05, 4.69) is 52.5 Å². The van der Waals surface area contributed by atoms with Gasteiger partial charge in [-0.1, -0.05) is 68.8 Å². The third-order valence-electron chi connectivity index (χ3n) is 8.25. The number of pyridine rings is 1. The molecule has 0 radical (unpaired) electrons. The van der Waals surface area contributed by atoms with E-state index in [1.54, 1.807) is 30.8 Å². The van der Waals surface area contributed by atoms with E-state index < -0.39 is 16.1 Å². The van der Waals surface area contributed by atoms with Gasteiger partial charge in [-0.2, -0.15) is 17.8 Å². The Bertz CT molecular complexity index is 2280. The van der Waals surface area contributed by atoms with Gasteiger partial charge >= 0.3 is 6.03 Å². The average molecular weight is 726 g/mol. The van der Waals surface area contributed by atoms with Crippen LogP contribution in [0, 0.1) is 19.8 Å². The highest BCUT2D eigenvalue weighted by Gasteiger charge is 2.38. The van der Waals surface area contributed by atoms with Crippen LogP contribution in [-0.2, 0) is 21.3 Å². The van der Waals surface area contributed by atoms with E-state index in [-0.39, 0.29) is 34.5 Å². The number of urea groups is 1. The number of thiophene rings is 1. The number of methoxy groups -OCH3 is 1. The van der Waals surface area contributed by atoms with E-state index in [9.17, 15) is 13.2 Å². The molecule has 2 aromatic carbocycles. The van der Waals surface area contributed by atoms with E-state index in [0.717, 1.165) is 39.8 Å². The van der Waals surface area contributed by atoms with Gasteiger partial charge in [0.05, 0.1) is 37.3 Å². The summed E-state index contributed by atoms with van der Waals surface area (Å²) in [6, 6.07) is 16.6. The maximum atomic E-state index is 14.5. The number of hydrogen-bond donors (Lipinski definition) is 1. The van der Waals surface area contributed by atoms with Crippen molar-refractivity contribution in [3.63, 3.8) is 0 Å². The van der Waals surface area contributed by atoms with E-state index >= 15 is 0 Å². The average Bonchev–Trinajstić information content (AvgIpc) is 3.79. The minimum atomic E-state index is -4.57. The first-order chi connectivity index (χ1) is 24.5. The van der Waals surface area contributed by atoms with Crippen LogP contribution in [0.1, 0.15) is 54.8 Å². The number of sulfonamides is 1. The van der Waals surface area contributed by atoms with Gasteiger partial charge in [0.15, 0.2) is 0 Å². The number of nitrogens with one attached hydrogen (secondary N) is 1. The summed E-state index contributed by atoms with van der Waals surface area (Å²) in [7, 11) is -3.24. The van der Waals surface area contributed by atoms with E-state index in [4.69, 9.17) is 14.7 Å². The van der Waals surface area contributed by atoms with Gasteiger partial charge in [-0.15, -0.1) is 11.3 Å². The molecule has 264 valence electrons. The smallest absolute Gasteiger partial charge is 0.361 e. The number of rotatable bonds is 12. The molecule has 12 nitrogen and oxygen atoms in total. The lowest BCUT2D eigenvalue weighted by Crippen LogP contribution is -2.45. The molecule has 0 aliphatic carbocycles. The van der Waals surface area contributed by atoms with Crippen LogP contribution in [-0.4, -0.2) is 52.9 Å². The van der Waals surface area contributed by atoms with Crippen LogP contribution in [0.3, 0.4) is 0 Å². The first-order valence-electron chi connectivity index (χ1n) is 16.4. The third kappa shape index (κ3) is 7.20. The normalized spacial score (nSPS) is 12.3. The zero-order chi connectivity index (χ0) is 36.3. The fraction of sp³-hybridized carbons (Fsp3) is 0.270. The number of carbonyl (C=O) groups excluding carboxylic acids is 1. The van der Waals surface area contributed by atoms with Crippen LogP contribution in [0.5, 0.6) is 5.88 Å². The van der Waals surface area contributed by atoms with E-state index in [0.29, 0.717) is 21.1 Å². The number of carbonyl (C=O) groups is 1. The number of fused-ring (bicyclic) bond motifs is 1. The summed E-state index contributed by atoms with van der Waals surface area (Å²) in [5, 5.41) is 7.40. The molecule has 0 aliphatic heterocycles. The Labute approximate surface area is 301 Å². The van der Waals surface area contributed by atoms with Gasteiger partial charge < -0.3 is 4.74 Å². The minimum absolute atomic E-state index is 0.0624. The zero-order valence-electron chi connectivity index (χ0n) is 29.2. The number of hydroxylamine groups is 1. The standard InChI is InChI=1S/C37H39N7O5S2/c1-7-26-18-24(4)8-13-30(26)33(43-32-14-16-38-20-29(32)21-40-43)28-11-9-27(10-12-28)31-15-17-50-36(31)51(46,47)44(37(45)42-49-22-23(2)3)34-35(48-6)41-25(5)19-39-34/h8-21,23,33H,7,22H2,1-6H3,(H,42,45). The molecule has 51 heavy (non-hydrogen) atoms. The Hall–Kier alpha value is -5.18. The SMILES string of the molecule is CCc1cc(C)ccc1C(c1ccc(-c2ccsc2S(=O)(=O)N(C(=O)NOCC(C)C)c2ncc(C)nc2OC)cc1)n1ncc2cnccc21. The molecule has 0 saturated carbocycles. The second-order valence-electron chi connectivity index (χ2n) is 12.5. The van der Waals surface area contributed by atoms with Gasteiger partial charge in [0.1, 0.15) is 10.3 Å². The molecule has 6 aromatic rings. The highest BCUT2D eigenvalue weighted by molar-refractivity contribution is 7.95. The van der Waals surface area contributed by atoms with Gasteiger partial charge in [-0.25, -0.2) is 20.2 Å². The fourth-order valence-corrected chi connectivity index (χ4v) is 8.61. The Morgan fingerprint density at radius 2 is 1.82 bits per heavy atom. The summed E-state index contributed by atoms with van der Waals surface area (Å²) in [5.41, 5.74) is 9.20. The van der Waals surface area contributed by atoms with Gasteiger partial charge in [0, 0.05) is 23.3 Å². The van der Waals surface area contributed by atoms with Crippen LogP contribution in [0.15, 0.2) is 89.0 Å². The number of nitrogens with zero attached hydrogens (tertiary/aromatic N) is 6. The molecule has 0 bridgehead atoms. The number of hydrogen-bond acceptors (Lipinski definition) is 10. The molecule has 0 saturated heterocycles. The van der Waals surface area contributed by atoms with Gasteiger partial charge in [-0.05, 0) is 66.0 Å². The number of benzene rings is 2. The van der Waals surface area contributed by atoms with Crippen LogP contribution in [0.25, 0.3) is 22.0 Å². The zero-order valence-corrected chi connectivity index (χ0v) is 30.8. The first-order valence-corrected chi connectivity index (χ1v) is 18.7. The molecule has 1 N–H and O–H groups in total. The Kier molecular flexibility index (Phi) is 10.5. The quantitative estimate of drug-likeness (QED) is 0.129. The molecule has 6 rings (SSSR count). The lowest BCUT2D eigenvalue weighted by Gasteiger charge is -2.24. The number of anilines is 1. The van der Waals surface area contributed by atoms with Crippen molar-refractivity contribution in [2.24, 2.45) is 5.92 Å². The number of aryl methyl sites for hydroxylation is 3. The molecule has 14 heteroatoms. The highest BCUT2D eigenvalue weighted by atomic mass is 32.2. The highest BCUT2D eigenvalue weighted by Crippen LogP contribution is 2.39. The van der Waals surface area contributed by atoms with Crippen LogP contribution < -0.4 is 14.5 Å². The lowest BCUT2D eigenvalue weighted by atomic mass is 9.91. The maximum absolute atomic E-state index is 14.5. The Morgan fingerprint density at radius 3 is 2.55 bits per heavy atom. The second kappa shape index (κ2) is 15.0. The summed E-state index contributed by atoms with van der Waals surface area (Å²) in [6.45, 7) is 9.88. The molecule has 4 aromatic heterocycles. The molecule has 0 aliphatic rings. The van der Waals surface area contributed by atoms with Crippen molar-refractivity contribution in [3.05, 3.63) is 113 Å². The van der Waals surface area contributed by atoms with Crippen LogP contribution in [0.4, 0.5) is 10.6 Å². The predicted molar refractivity (Wildman–Crippen MR) is 197 cm³/mol. The largest absolute Gasteiger partial charge is 0.478 e. The van der Waals surface area contributed by atoms with Crippen molar-refractivity contribution in [2.45, 2.75) is 51.3 Å². The molecule has 4 heterocycles. The lowest BCUT2D eigenvalue weighted by molar-refractivity contribution is 0.0471. The molecule has 1 atom stereocenters. The van der Waals surface area contributed by atoms with Crippen LogP contribution >= 0.6 is 11.3 Å². The van der Waals surface area contributed by atoms with Crippen molar-refractivity contribution >= 4 is 44.1 Å². The monoisotopic (exact) mass is 725 g/mol. The topological polar surface area (TPSA) is 141 Å². The summed E-state index contributed by atoms with van der Waals surface area (Å²) in [5.74, 6) is -0.340. The summed E-state index contributed by atoms with van der Waals surface area (Å²) in [6.07, 6.45) is 7.57. The minimum Gasteiger partial charge on any atom is -0.478 e. The van der Waals surface area contributed by atoms with E-state index in [1.807, 2.05) is 55.1 Å². The van der Waals surface area contributed by atoms with Gasteiger partial charge in [0.2, 0.25) is 5.82 Å². The van der Waals surface area contributed by atoms with Crippen molar-refractivity contribution in [1.29, 1.82) is 0 Å². The van der Waals surface area contributed by atoms with Gasteiger partial charge in [0.25, 0.3) is 15.9 Å². The van der Waals surface area contributed by atoms with Crippen molar-refractivity contribution in [3.8, 4) is 17.0 Å². The first kappa shape index (κ1) is 35.6. The Balaban J connectivity index is 1.42. The fourth-order valence-electron chi connectivity index (χ4n) is 5.85. The van der Waals surface area contributed by atoms with E-state index in [1.165, 1.54) is 24.4 Å². The molecule has 0 fully saturated rings. The maximum Gasteiger partial charge on any atom is 0.361 e. The second-order valence-corrected chi connectivity index (χ2v) is 15.3. The number of aromatic nitrogens is 5. The van der Waals surface area contributed by atoms with Crippen molar-refractivity contribution in [2.75, 3.05) is 18.0 Å². The molecular weight excluding hydrogens is 687 g/mol. The number of ether oxygens (including phenoxy) is 1. The summed E-state index contributed by atoms with van der Waals surface area (Å²) in [4.78, 5) is 31.7. The molecule has 1 unspecified atom stereocenters. The van der Waals surface area contributed by atoms with Crippen LogP contribution in [0.2, 0.25) is 0 Å². The molecule has 2 amide bonds. The molecule has 0 spiro atoms. The number of amides is 2. The summed E-state index contributed by atoms with van der Waals surface area (Å²) >= 11 is 0.991. The summed E-state index contributed by atoms with van der Waals surface area (Å²) < 4.78 is 36.9. The Morgan fingerprint density at radius 1 is 1.04 bits per heavy atom. The predicted octanol–water partition coefficient (Wildman–Crippen LogP) is 7.27.